The van der Waals surface area contributed by atoms with Crippen molar-refractivity contribution in [3.8, 4) is 0 Å². The molecule has 3 heteroatoms. The Balaban J connectivity index is 2.89. The molecular weight excluding hydrogens is 176 g/mol. The van der Waals surface area contributed by atoms with E-state index in [0.717, 1.165) is 12.0 Å². The Morgan fingerprint density at radius 3 is 2.29 bits per heavy atom. The molecule has 0 bridgehead atoms. The minimum absolute atomic E-state index is 0.265. The molecule has 0 aromatic heterocycles. The van der Waals surface area contributed by atoms with Gasteiger partial charge in [0.15, 0.2) is 0 Å². The molecule has 1 aromatic rings. The van der Waals surface area contributed by atoms with Crippen molar-refractivity contribution in [1.29, 1.82) is 0 Å². The van der Waals surface area contributed by atoms with Crippen LogP contribution in [0.15, 0.2) is 24.3 Å². The first-order valence-corrected chi connectivity index (χ1v) is 4.77. The van der Waals surface area contributed by atoms with Crippen LogP contribution in [0.2, 0.25) is 0 Å². The van der Waals surface area contributed by atoms with E-state index in [1.54, 1.807) is 0 Å². The molecule has 0 fully saturated rings. The van der Waals surface area contributed by atoms with Crippen molar-refractivity contribution in [3.63, 3.8) is 0 Å². The van der Waals surface area contributed by atoms with Gasteiger partial charge in [0.05, 0.1) is 5.92 Å². The fraction of sp³-hybridized carbons (Fsp3) is 0.364. The number of hydrogen-bond donors (Lipinski definition) is 2. The predicted molar refractivity (Wildman–Crippen MR) is 56.8 cm³/mol. The van der Waals surface area contributed by atoms with E-state index in [9.17, 15) is 4.79 Å². The Labute approximate surface area is 84.1 Å². The van der Waals surface area contributed by atoms with Gasteiger partial charge in [-0.2, -0.15) is 0 Å². The van der Waals surface area contributed by atoms with Crippen LogP contribution >= 0.6 is 0 Å². The summed E-state index contributed by atoms with van der Waals surface area (Å²) in [7, 11) is 0. The SMILES string of the molecule is CCc1ccc(C(CN)C(N)=O)cc1. The molecule has 1 atom stereocenters. The molecule has 3 nitrogen and oxygen atoms in total. The third kappa shape index (κ3) is 2.33. The summed E-state index contributed by atoms with van der Waals surface area (Å²) in [6.07, 6.45) is 0.990. The van der Waals surface area contributed by atoms with E-state index in [0.29, 0.717) is 0 Å². The van der Waals surface area contributed by atoms with Crippen LogP contribution in [0.5, 0.6) is 0 Å². The van der Waals surface area contributed by atoms with E-state index in [1.165, 1.54) is 5.56 Å². The van der Waals surface area contributed by atoms with Crippen LogP contribution in [0.25, 0.3) is 0 Å². The quantitative estimate of drug-likeness (QED) is 0.740. The summed E-state index contributed by atoms with van der Waals surface area (Å²) in [4.78, 5) is 11.0. The zero-order valence-electron chi connectivity index (χ0n) is 8.36. The van der Waals surface area contributed by atoms with Gasteiger partial charge in [-0.15, -0.1) is 0 Å². The molecule has 0 radical (unpaired) electrons. The van der Waals surface area contributed by atoms with Crippen molar-refractivity contribution in [2.24, 2.45) is 11.5 Å². The lowest BCUT2D eigenvalue weighted by molar-refractivity contribution is -0.119. The Morgan fingerprint density at radius 1 is 1.36 bits per heavy atom. The third-order valence-electron chi connectivity index (χ3n) is 2.37. The van der Waals surface area contributed by atoms with Crippen LogP contribution in [0, 0.1) is 0 Å². The number of nitrogens with two attached hydrogens (primary N) is 2. The maximum absolute atomic E-state index is 11.0. The van der Waals surface area contributed by atoms with Gasteiger partial charge in [-0.1, -0.05) is 31.2 Å². The van der Waals surface area contributed by atoms with Gasteiger partial charge in [-0.3, -0.25) is 4.79 Å². The van der Waals surface area contributed by atoms with Crippen LogP contribution in [0.1, 0.15) is 24.0 Å². The zero-order valence-corrected chi connectivity index (χ0v) is 8.36. The second-order valence-corrected chi connectivity index (χ2v) is 3.29. The summed E-state index contributed by atoms with van der Waals surface area (Å²) in [5.41, 5.74) is 12.9. The molecule has 1 unspecified atom stereocenters. The van der Waals surface area contributed by atoms with E-state index in [-0.39, 0.29) is 18.4 Å². The van der Waals surface area contributed by atoms with E-state index < -0.39 is 0 Å². The smallest absolute Gasteiger partial charge is 0.226 e. The van der Waals surface area contributed by atoms with Gasteiger partial charge in [0, 0.05) is 6.54 Å². The molecule has 0 saturated heterocycles. The van der Waals surface area contributed by atoms with E-state index >= 15 is 0 Å². The summed E-state index contributed by atoms with van der Waals surface area (Å²) in [6.45, 7) is 2.35. The second-order valence-electron chi connectivity index (χ2n) is 3.29. The summed E-state index contributed by atoms with van der Waals surface area (Å²) >= 11 is 0. The average Bonchev–Trinajstić information content (AvgIpc) is 2.19. The van der Waals surface area contributed by atoms with Crippen LogP contribution in [-0.4, -0.2) is 12.5 Å². The molecule has 0 aliphatic heterocycles. The van der Waals surface area contributed by atoms with Gasteiger partial charge in [0.1, 0.15) is 0 Å². The minimum atomic E-state index is -0.364. The lowest BCUT2D eigenvalue weighted by Gasteiger charge is -2.11. The number of amides is 1. The number of primary amides is 1. The first kappa shape index (κ1) is 10.7. The monoisotopic (exact) mass is 192 g/mol. The molecule has 0 saturated carbocycles. The highest BCUT2D eigenvalue weighted by atomic mass is 16.1. The van der Waals surface area contributed by atoms with Gasteiger partial charge in [-0.25, -0.2) is 0 Å². The predicted octanol–water partition coefficient (Wildman–Crippen LogP) is 0.777. The molecule has 14 heavy (non-hydrogen) atoms. The Kier molecular flexibility index (Phi) is 3.65. The van der Waals surface area contributed by atoms with Gasteiger partial charge < -0.3 is 11.5 Å². The topological polar surface area (TPSA) is 69.1 Å². The lowest BCUT2D eigenvalue weighted by atomic mass is 9.97. The summed E-state index contributed by atoms with van der Waals surface area (Å²) in [5, 5.41) is 0. The van der Waals surface area contributed by atoms with Gasteiger partial charge >= 0.3 is 0 Å². The standard InChI is InChI=1S/C11H16N2O/c1-2-8-3-5-9(6-4-8)10(7-12)11(13)14/h3-6,10H,2,7,12H2,1H3,(H2,13,14). The molecule has 1 aromatic carbocycles. The molecule has 0 aliphatic rings. The number of hydrogen-bond acceptors (Lipinski definition) is 2. The molecule has 0 spiro atoms. The van der Waals surface area contributed by atoms with E-state index in [4.69, 9.17) is 11.5 Å². The first-order valence-electron chi connectivity index (χ1n) is 4.77. The summed E-state index contributed by atoms with van der Waals surface area (Å²) < 4.78 is 0. The van der Waals surface area contributed by atoms with E-state index in [1.807, 2.05) is 24.3 Å². The fourth-order valence-electron chi connectivity index (χ4n) is 1.40. The lowest BCUT2D eigenvalue weighted by Crippen LogP contribution is -2.27. The van der Waals surface area contributed by atoms with Crippen molar-refractivity contribution in [3.05, 3.63) is 35.4 Å². The van der Waals surface area contributed by atoms with Crippen LogP contribution in [0.3, 0.4) is 0 Å². The molecular formula is C11H16N2O. The zero-order chi connectivity index (χ0) is 10.6. The molecule has 0 heterocycles. The number of rotatable bonds is 4. The maximum Gasteiger partial charge on any atom is 0.226 e. The van der Waals surface area contributed by atoms with Crippen LogP contribution in [-0.2, 0) is 11.2 Å². The first-order chi connectivity index (χ1) is 6.69. The number of carbonyl (C=O) groups is 1. The van der Waals surface area contributed by atoms with Gasteiger partial charge in [-0.05, 0) is 17.5 Å². The second kappa shape index (κ2) is 4.77. The van der Waals surface area contributed by atoms with Crippen molar-refractivity contribution >= 4 is 5.91 Å². The fourth-order valence-corrected chi connectivity index (χ4v) is 1.40. The Hall–Kier alpha value is -1.35. The highest BCUT2D eigenvalue weighted by Gasteiger charge is 2.14. The minimum Gasteiger partial charge on any atom is -0.369 e. The van der Waals surface area contributed by atoms with Crippen molar-refractivity contribution < 1.29 is 4.79 Å². The molecule has 1 amide bonds. The molecule has 4 N–H and O–H groups in total. The maximum atomic E-state index is 11.0. The molecule has 76 valence electrons. The Bertz CT molecular complexity index is 306. The highest BCUT2D eigenvalue weighted by Crippen LogP contribution is 2.15. The largest absolute Gasteiger partial charge is 0.369 e. The number of carbonyl (C=O) groups excluding carboxylic acids is 1. The van der Waals surface area contributed by atoms with Crippen LogP contribution in [0.4, 0.5) is 0 Å². The molecule has 1 rings (SSSR count). The average molecular weight is 192 g/mol. The summed E-state index contributed by atoms with van der Waals surface area (Å²) in [5.74, 6) is -0.724. The number of benzene rings is 1. The van der Waals surface area contributed by atoms with Crippen molar-refractivity contribution in [2.75, 3.05) is 6.54 Å². The van der Waals surface area contributed by atoms with Crippen molar-refractivity contribution in [1.82, 2.24) is 0 Å². The van der Waals surface area contributed by atoms with E-state index in [2.05, 4.69) is 6.92 Å². The van der Waals surface area contributed by atoms with Crippen LogP contribution < -0.4 is 11.5 Å². The summed E-state index contributed by atoms with van der Waals surface area (Å²) in [6, 6.07) is 7.84. The van der Waals surface area contributed by atoms with Gasteiger partial charge in [0.2, 0.25) is 5.91 Å². The number of aryl methyl sites for hydroxylation is 1. The Morgan fingerprint density at radius 2 is 1.93 bits per heavy atom. The normalized spacial score (nSPS) is 12.4. The molecule has 0 aliphatic carbocycles. The van der Waals surface area contributed by atoms with Gasteiger partial charge in [0.25, 0.3) is 0 Å². The third-order valence-corrected chi connectivity index (χ3v) is 2.37. The highest BCUT2D eigenvalue weighted by molar-refractivity contribution is 5.82. The van der Waals surface area contributed by atoms with Crippen molar-refractivity contribution in [2.45, 2.75) is 19.3 Å².